The lowest BCUT2D eigenvalue weighted by molar-refractivity contribution is 0.0996. The number of ether oxygens (including phenoxy) is 2. The second-order valence-corrected chi connectivity index (χ2v) is 3.83. The number of benzene rings is 1. The maximum absolute atomic E-state index is 12.1. The molecule has 0 spiro atoms. The standard InChI is InChI=1S/C13H15NO3/c1-4-8-7-10(15)12-9(14-8)5-6-11(16-2)13(12)17-3/h5-6H,4,7H2,1-3H3. The fraction of sp³-hybridized carbons (Fsp3) is 0.385. The van der Waals surface area contributed by atoms with Crippen molar-refractivity contribution in [2.75, 3.05) is 14.2 Å². The van der Waals surface area contributed by atoms with Gasteiger partial charge < -0.3 is 9.47 Å². The van der Waals surface area contributed by atoms with Crippen molar-refractivity contribution in [3.63, 3.8) is 0 Å². The highest BCUT2D eigenvalue weighted by molar-refractivity contribution is 6.17. The molecule has 4 nitrogen and oxygen atoms in total. The first kappa shape index (κ1) is 11.6. The van der Waals surface area contributed by atoms with Crippen LogP contribution in [0.1, 0.15) is 30.1 Å². The summed E-state index contributed by atoms with van der Waals surface area (Å²) in [5.74, 6) is 1.09. The van der Waals surface area contributed by atoms with Crippen LogP contribution in [0.25, 0.3) is 0 Å². The van der Waals surface area contributed by atoms with Gasteiger partial charge in [0.2, 0.25) is 0 Å². The number of carbonyl (C=O) groups is 1. The van der Waals surface area contributed by atoms with Gasteiger partial charge in [0.05, 0.1) is 25.5 Å². The Morgan fingerprint density at radius 1 is 1.29 bits per heavy atom. The van der Waals surface area contributed by atoms with Crippen molar-refractivity contribution in [2.45, 2.75) is 19.8 Å². The van der Waals surface area contributed by atoms with Crippen LogP contribution in [0.3, 0.4) is 0 Å². The van der Waals surface area contributed by atoms with Gasteiger partial charge >= 0.3 is 0 Å². The third-order valence-electron chi connectivity index (χ3n) is 2.85. The van der Waals surface area contributed by atoms with E-state index in [4.69, 9.17) is 9.47 Å². The molecule has 0 aromatic heterocycles. The Kier molecular flexibility index (Phi) is 3.13. The molecule has 0 amide bonds. The lowest BCUT2D eigenvalue weighted by atomic mass is 9.97. The van der Waals surface area contributed by atoms with E-state index in [9.17, 15) is 4.79 Å². The summed E-state index contributed by atoms with van der Waals surface area (Å²) >= 11 is 0. The van der Waals surface area contributed by atoms with Gasteiger partial charge in [-0.2, -0.15) is 0 Å². The molecule has 0 radical (unpaired) electrons. The number of rotatable bonds is 3. The lowest BCUT2D eigenvalue weighted by Gasteiger charge is -2.18. The zero-order chi connectivity index (χ0) is 12.4. The minimum atomic E-state index is 0.0441. The SMILES string of the molecule is CCC1=Nc2ccc(OC)c(OC)c2C(=O)C1. The van der Waals surface area contributed by atoms with Gasteiger partial charge in [0.25, 0.3) is 0 Å². The van der Waals surface area contributed by atoms with Crippen LogP contribution in [0.4, 0.5) is 5.69 Å². The van der Waals surface area contributed by atoms with Crippen LogP contribution in [0, 0.1) is 0 Å². The topological polar surface area (TPSA) is 47.9 Å². The molecule has 0 unspecified atom stereocenters. The first-order valence-electron chi connectivity index (χ1n) is 5.55. The number of hydrogen-bond acceptors (Lipinski definition) is 4. The molecule has 17 heavy (non-hydrogen) atoms. The summed E-state index contributed by atoms with van der Waals surface area (Å²) in [7, 11) is 3.09. The van der Waals surface area contributed by atoms with E-state index in [0.29, 0.717) is 29.2 Å². The highest BCUT2D eigenvalue weighted by atomic mass is 16.5. The summed E-state index contributed by atoms with van der Waals surface area (Å²) in [6, 6.07) is 3.57. The Morgan fingerprint density at radius 2 is 2.06 bits per heavy atom. The van der Waals surface area contributed by atoms with Crippen LogP contribution in [0.15, 0.2) is 17.1 Å². The van der Waals surface area contributed by atoms with Crippen LogP contribution < -0.4 is 9.47 Å². The van der Waals surface area contributed by atoms with Gasteiger partial charge in [-0.3, -0.25) is 9.79 Å². The van der Waals surface area contributed by atoms with E-state index < -0.39 is 0 Å². The predicted molar refractivity (Wildman–Crippen MR) is 65.9 cm³/mol. The van der Waals surface area contributed by atoms with Crippen LogP contribution in [-0.2, 0) is 0 Å². The summed E-state index contributed by atoms with van der Waals surface area (Å²) in [5.41, 5.74) is 2.12. The van der Waals surface area contributed by atoms with E-state index in [1.807, 2.05) is 6.92 Å². The Bertz CT molecular complexity index is 492. The van der Waals surface area contributed by atoms with Crippen molar-refractivity contribution in [1.82, 2.24) is 0 Å². The number of aliphatic imine (C=N–C) groups is 1. The van der Waals surface area contributed by atoms with Gasteiger partial charge in [0.15, 0.2) is 17.3 Å². The van der Waals surface area contributed by atoms with Gasteiger partial charge in [-0.05, 0) is 18.6 Å². The molecule has 1 heterocycles. The lowest BCUT2D eigenvalue weighted by Crippen LogP contribution is -2.14. The zero-order valence-electron chi connectivity index (χ0n) is 10.2. The smallest absolute Gasteiger partial charge is 0.174 e. The number of nitrogens with zero attached hydrogens (tertiary/aromatic N) is 1. The molecular formula is C13H15NO3. The van der Waals surface area contributed by atoms with Gasteiger partial charge in [0.1, 0.15) is 0 Å². The van der Waals surface area contributed by atoms with Crippen molar-refractivity contribution < 1.29 is 14.3 Å². The largest absolute Gasteiger partial charge is 0.493 e. The summed E-state index contributed by atoms with van der Waals surface area (Å²) in [6.07, 6.45) is 1.16. The number of methoxy groups -OCH3 is 2. The van der Waals surface area contributed by atoms with Crippen LogP contribution >= 0.6 is 0 Å². The molecular weight excluding hydrogens is 218 g/mol. The quantitative estimate of drug-likeness (QED) is 0.806. The Labute approximate surface area is 100 Å². The fourth-order valence-electron chi connectivity index (χ4n) is 1.97. The van der Waals surface area contributed by atoms with Crippen molar-refractivity contribution in [2.24, 2.45) is 4.99 Å². The molecule has 90 valence electrons. The summed E-state index contributed by atoms with van der Waals surface area (Å²) < 4.78 is 10.4. The second kappa shape index (κ2) is 4.57. The van der Waals surface area contributed by atoms with Crippen LogP contribution in [0.5, 0.6) is 11.5 Å². The molecule has 0 bridgehead atoms. The van der Waals surface area contributed by atoms with Gasteiger partial charge in [-0.25, -0.2) is 0 Å². The Hall–Kier alpha value is -1.84. The molecule has 0 fully saturated rings. The molecule has 1 aliphatic rings. The fourth-order valence-corrected chi connectivity index (χ4v) is 1.97. The molecule has 1 aliphatic heterocycles. The van der Waals surface area contributed by atoms with E-state index in [1.165, 1.54) is 7.11 Å². The molecule has 0 atom stereocenters. The summed E-state index contributed by atoms with van der Waals surface area (Å²) in [4.78, 5) is 16.5. The summed E-state index contributed by atoms with van der Waals surface area (Å²) in [6.45, 7) is 2.00. The van der Waals surface area contributed by atoms with Crippen molar-refractivity contribution in [3.05, 3.63) is 17.7 Å². The molecule has 2 rings (SSSR count). The minimum Gasteiger partial charge on any atom is -0.493 e. The average molecular weight is 233 g/mol. The monoisotopic (exact) mass is 233 g/mol. The predicted octanol–water partition coefficient (Wildman–Crippen LogP) is 2.77. The summed E-state index contributed by atoms with van der Waals surface area (Å²) in [5, 5.41) is 0. The highest BCUT2D eigenvalue weighted by Crippen LogP contribution is 2.40. The molecule has 0 N–H and O–H groups in total. The van der Waals surface area contributed by atoms with Crippen molar-refractivity contribution in [1.29, 1.82) is 0 Å². The van der Waals surface area contributed by atoms with Gasteiger partial charge in [-0.1, -0.05) is 6.92 Å². The van der Waals surface area contributed by atoms with Gasteiger partial charge in [-0.15, -0.1) is 0 Å². The number of ketones is 1. The third kappa shape index (κ3) is 1.90. The van der Waals surface area contributed by atoms with Crippen molar-refractivity contribution in [3.8, 4) is 11.5 Å². The minimum absolute atomic E-state index is 0.0441. The highest BCUT2D eigenvalue weighted by Gasteiger charge is 2.25. The second-order valence-electron chi connectivity index (χ2n) is 3.83. The number of Topliss-reactive ketones (excluding diaryl/α,β-unsaturated/α-hetero) is 1. The van der Waals surface area contributed by atoms with E-state index in [-0.39, 0.29) is 5.78 Å². The molecule has 0 saturated heterocycles. The Balaban J connectivity index is 2.63. The van der Waals surface area contributed by atoms with E-state index in [2.05, 4.69) is 4.99 Å². The molecule has 0 saturated carbocycles. The maximum Gasteiger partial charge on any atom is 0.174 e. The normalized spacial score (nSPS) is 14.1. The first-order valence-corrected chi connectivity index (χ1v) is 5.55. The molecule has 1 aromatic rings. The average Bonchev–Trinajstić information content (AvgIpc) is 2.36. The van der Waals surface area contributed by atoms with E-state index in [0.717, 1.165) is 12.1 Å². The van der Waals surface area contributed by atoms with Crippen LogP contribution in [-0.4, -0.2) is 25.7 Å². The van der Waals surface area contributed by atoms with E-state index in [1.54, 1.807) is 19.2 Å². The van der Waals surface area contributed by atoms with Crippen LogP contribution in [0.2, 0.25) is 0 Å². The number of hydrogen-bond donors (Lipinski definition) is 0. The molecule has 1 aromatic carbocycles. The Morgan fingerprint density at radius 3 is 2.65 bits per heavy atom. The zero-order valence-corrected chi connectivity index (χ0v) is 10.2. The molecule has 4 heteroatoms. The van der Waals surface area contributed by atoms with Gasteiger partial charge in [0, 0.05) is 12.1 Å². The first-order chi connectivity index (χ1) is 8.21. The number of carbonyl (C=O) groups excluding carboxylic acids is 1. The molecule has 0 aliphatic carbocycles. The van der Waals surface area contributed by atoms with E-state index >= 15 is 0 Å². The maximum atomic E-state index is 12.1. The van der Waals surface area contributed by atoms with Crippen molar-refractivity contribution >= 4 is 17.2 Å². The third-order valence-corrected chi connectivity index (χ3v) is 2.85. The number of fused-ring (bicyclic) bond motifs is 1.